The Morgan fingerprint density at radius 2 is 1.06 bits per heavy atom. The number of aliphatic hydroxyl groups excluding tert-OH is 1. The van der Waals surface area contributed by atoms with Crippen molar-refractivity contribution in [3.63, 3.8) is 0 Å². The number of methoxy groups -OCH3 is 2. The van der Waals surface area contributed by atoms with Crippen molar-refractivity contribution in [2.45, 2.75) is 55.1 Å². The number of thiazole rings is 2. The van der Waals surface area contributed by atoms with Crippen LogP contribution in [-0.2, 0) is 20.2 Å². The summed E-state index contributed by atoms with van der Waals surface area (Å²) >= 11 is 2.46. The Labute approximate surface area is 370 Å². The van der Waals surface area contributed by atoms with Crippen molar-refractivity contribution in [3.05, 3.63) is 35.7 Å². The molecule has 5 aromatic rings. The quantitative estimate of drug-likeness (QED) is 0.0264. The van der Waals surface area contributed by atoms with E-state index in [1.54, 1.807) is 24.3 Å². The molecule has 3 heterocycles. The lowest BCUT2D eigenvalue weighted by atomic mass is 10.2. The molecule has 0 saturated heterocycles. The van der Waals surface area contributed by atoms with Crippen LogP contribution in [0.3, 0.4) is 0 Å². The first-order chi connectivity index (χ1) is 29.5. The maximum atomic E-state index is 11.9. The van der Waals surface area contributed by atoms with E-state index in [1.807, 2.05) is 27.7 Å². The summed E-state index contributed by atoms with van der Waals surface area (Å²) in [7, 11) is -6.03. The number of rotatable bonds is 21. The van der Waals surface area contributed by atoms with Gasteiger partial charge in [-0.05, 0) is 53.7 Å². The molecule has 0 saturated carbocycles. The minimum atomic E-state index is -4.53. The van der Waals surface area contributed by atoms with Crippen molar-refractivity contribution in [1.82, 2.24) is 24.9 Å². The van der Waals surface area contributed by atoms with Gasteiger partial charge in [-0.3, -0.25) is 9.11 Å². The fourth-order valence-corrected chi connectivity index (χ4v) is 9.79. The molecule has 3 aromatic heterocycles. The maximum Gasteiger partial charge on any atom is 0.306 e. The number of benzene rings is 2. The number of nitrogens with one attached hydrogen (secondary N) is 2. The largest absolute Gasteiger partial charge is 0.494 e. The van der Waals surface area contributed by atoms with E-state index < -0.39 is 20.2 Å². The summed E-state index contributed by atoms with van der Waals surface area (Å²) in [5.41, 5.74) is 2.72. The van der Waals surface area contributed by atoms with Crippen LogP contribution in [0.5, 0.6) is 11.5 Å². The Balaban J connectivity index is 1.65. The van der Waals surface area contributed by atoms with Gasteiger partial charge in [0.1, 0.15) is 22.9 Å². The van der Waals surface area contributed by atoms with E-state index in [0.29, 0.717) is 83.1 Å². The van der Waals surface area contributed by atoms with Gasteiger partial charge >= 0.3 is 20.2 Å². The lowest BCUT2D eigenvalue weighted by molar-refractivity contribution is 0.322. The van der Waals surface area contributed by atoms with E-state index in [0.717, 1.165) is 11.8 Å². The Morgan fingerprint density at radius 3 is 1.39 bits per heavy atom. The molecular weight excluding hydrogens is 907 g/mol. The van der Waals surface area contributed by atoms with Crippen molar-refractivity contribution < 1.29 is 40.5 Å². The summed E-state index contributed by atoms with van der Waals surface area (Å²) in [4.78, 5) is 26.3. The molecule has 0 aliphatic carbocycles. The van der Waals surface area contributed by atoms with Gasteiger partial charge < -0.3 is 35.0 Å². The zero-order chi connectivity index (χ0) is 45.4. The molecule has 0 bridgehead atoms. The zero-order valence-corrected chi connectivity index (χ0v) is 38.9. The number of aliphatic hydroxyl groups is 1. The second kappa shape index (κ2) is 20.8. The summed E-state index contributed by atoms with van der Waals surface area (Å²) in [5, 5.41) is 33.5. The Hall–Kier alpha value is -5.16. The lowest BCUT2D eigenvalue weighted by Gasteiger charge is -2.25. The highest BCUT2D eigenvalue weighted by Gasteiger charge is 2.23. The third-order valence-corrected chi connectivity index (χ3v) is 14.5. The van der Waals surface area contributed by atoms with Gasteiger partial charge in [0.05, 0.1) is 55.0 Å². The van der Waals surface area contributed by atoms with Crippen molar-refractivity contribution in [3.8, 4) is 11.5 Å². The van der Waals surface area contributed by atoms with E-state index in [-0.39, 0.29) is 70.9 Å². The normalized spacial score (nSPS) is 12.0. The van der Waals surface area contributed by atoms with E-state index in [4.69, 9.17) is 9.47 Å². The van der Waals surface area contributed by atoms with Crippen LogP contribution < -0.4 is 29.9 Å². The van der Waals surface area contributed by atoms with E-state index in [9.17, 15) is 31.0 Å². The number of aromatic nitrogens is 5. The van der Waals surface area contributed by atoms with Gasteiger partial charge in [0, 0.05) is 44.1 Å². The highest BCUT2D eigenvalue weighted by atomic mass is 32.3. The molecule has 0 unspecified atom stereocenters. The van der Waals surface area contributed by atoms with Crippen molar-refractivity contribution in [1.29, 1.82) is 0 Å². The van der Waals surface area contributed by atoms with Crippen LogP contribution in [-0.4, -0.2) is 109 Å². The standard InChI is InChI=1S/C35H45N13O9S5/c1-9-47(10-2)25-15-21(23(17-27(25)56-7)43-45-34-36-19(5)29(59-34)61(50,51)52)38-31-40-32(42-33(41-31)58-14-13-49)39-22-16-26(48(11-3)12-4)28(57-8)18-24(22)44-46-35-37-20(6)30(60-35)62(53,54)55/h15-18,49H,9-14H2,1-8H3,(H,50,51,52)(H,53,54,55)(H2,38,39,40,41,42). The van der Waals surface area contributed by atoms with Gasteiger partial charge in [0.25, 0.3) is 0 Å². The van der Waals surface area contributed by atoms with Crippen molar-refractivity contribution in [2.24, 2.45) is 20.5 Å². The van der Waals surface area contributed by atoms with Gasteiger partial charge in [-0.1, -0.05) is 34.4 Å². The lowest BCUT2D eigenvalue weighted by Crippen LogP contribution is -2.22. The average molecular weight is 952 g/mol. The number of aryl methyl sites for hydroxylation is 2. The molecule has 62 heavy (non-hydrogen) atoms. The highest BCUT2D eigenvalue weighted by Crippen LogP contribution is 2.43. The fraction of sp³-hybridized carbons (Fsp3) is 0.400. The van der Waals surface area contributed by atoms with Crippen LogP contribution in [0, 0.1) is 13.8 Å². The van der Waals surface area contributed by atoms with Gasteiger partial charge in [-0.25, -0.2) is 9.97 Å². The van der Waals surface area contributed by atoms with Crippen LogP contribution in [0.1, 0.15) is 39.1 Å². The minimum absolute atomic E-state index is 0.0254. The molecule has 5 rings (SSSR count). The second-order valence-corrected chi connectivity index (χ2v) is 18.9. The fourth-order valence-electron chi connectivity index (χ4n) is 5.84. The molecule has 27 heteroatoms. The molecule has 0 amide bonds. The average Bonchev–Trinajstić information content (AvgIpc) is 3.81. The highest BCUT2D eigenvalue weighted by molar-refractivity contribution is 7.99. The molecule has 0 atom stereocenters. The van der Waals surface area contributed by atoms with Gasteiger partial charge in [0.15, 0.2) is 13.6 Å². The first-order valence-electron chi connectivity index (χ1n) is 18.7. The Bertz CT molecular complexity index is 2490. The van der Waals surface area contributed by atoms with Gasteiger partial charge in [-0.15, -0.1) is 20.5 Å². The molecule has 5 N–H and O–H groups in total. The summed E-state index contributed by atoms with van der Waals surface area (Å²) < 4.78 is 77.5. The van der Waals surface area contributed by atoms with Gasteiger partial charge in [-0.2, -0.15) is 31.8 Å². The number of anilines is 6. The van der Waals surface area contributed by atoms with E-state index >= 15 is 0 Å². The van der Waals surface area contributed by atoms with E-state index in [1.165, 1.54) is 28.1 Å². The number of thioether (sulfide) groups is 1. The first-order valence-corrected chi connectivity index (χ1v) is 24.2. The SMILES string of the molecule is CCN(CC)c1cc(Nc2nc(Nc3cc(N(CC)CC)c(OC)cc3N=Nc3nc(C)c(S(=O)(=O)O)s3)nc(SCCO)n2)c(N=Nc2nc(C)c(S(=O)(=O)O)s2)cc1OC. The molecule has 0 spiro atoms. The number of ether oxygens (including phenoxy) is 2. The maximum absolute atomic E-state index is 11.9. The zero-order valence-electron chi connectivity index (χ0n) is 34.8. The molecule has 0 aliphatic heterocycles. The molecule has 0 aliphatic rings. The minimum Gasteiger partial charge on any atom is -0.494 e. The van der Waals surface area contributed by atoms with Crippen molar-refractivity contribution in [2.75, 3.05) is 73.2 Å². The molecule has 22 nitrogen and oxygen atoms in total. The predicted molar refractivity (Wildman–Crippen MR) is 239 cm³/mol. The predicted octanol–water partition coefficient (Wildman–Crippen LogP) is 8.01. The Morgan fingerprint density at radius 1 is 0.661 bits per heavy atom. The Kier molecular flexibility index (Phi) is 16.1. The number of hydrogen-bond donors (Lipinski definition) is 5. The molecule has 0 fully saturated rings. The molecule has 0 radical (unpaired) electrons. The van der Waals surface area contributed by atoms with Crippen LogP contribution in [0.25, 0.3) is 0 Å². The topological polar surface area (TPSA) is 292 Å². The van der Waals surface area contributed by atoms with Crippen LogP contribution in [0.4, 0.5) is 56.3 Å². The third kappa shape index (κ3) is 11.6. The van der Waals surface area contributed by atoms with Crippen LogP contribution in [0.15, 0.2) is 58.3 Å². The van der Waals surface area contributed by atoms with Crippen LogP contribution in [0.2, 0.25) is 0 Å². The third-order valence-electron chi connectivity index (χ3n) is 8.67. The van der Waals surface area contributed by atoms with Crippen molar-refractivity contribution >= 4 is 111 Å². The first kappa shape index (κ1) is 47.9. The molecule has 2 aromatic carbocycles. The summed E-state index contributed by atoms with van der Waals surface area (Å²) in [6.07, 6.45) is 0. The number of azo groups is 2. The van der Waals surface area contributed by atoms with E-state index in [2.05, 4.69) is 65.8 Å². The van der Waals surface area contributed by atoms with Gasteiger partial charge in [0.2, 0.25) is 22.2 Å². The monoisotopic (exact) mass is 951 g/mol. The number of nitrogens with zero attached hydrogens (tertiary/aromatic N) is 11. The summed E-state index contributed by atoms with van der Waals surface area (Å²) in [6.45, 7) is 13.2. The molecular formula is C35H45N13O9S5. The second-order valence-electron chi connectivity index (χ2n) is 12.6. The summed E-state index contributed by atoms with van der Waals surface area (Å²) in [6, 6.07) is 6.83. The number of hydrogen-bond acceptors (Lipinski definition) is 23. The van der Waals surface area contributed by atoms with Crippen LogP contribution >= 0.6 is 34.4 Å². The molecule has 334 valence electrons. The summed E-state index contributed by atoms with van der Waals surface area (Å²) in [5.74, 6) is 1.28. The smallest absolute Gasteiger partial charge is 0.306 e.